The van der Waals surface area contributed by atoms with E-state index >= 15 is 0 Å². The quantitative estimate of drug-likeness (QED) is 0.421. The Balaban J connectivity index is 0.000000527. The normalized spacial score (nSPS) is 18.2. The van der Waals surface area contributed by atoms with Crippen molar-refractivity contribution in [1.29, 1.82) is 0 Å². The van der Waals surface area contributed by atoms with E-state index < -0.39 is 11.0 Å². The molecule has 4 atom stereocenters. The van der Waals surface area contributed by atoms with Gasteiger partial charge in [-0.15, -0.1) is 0 Å². The zero-order valence-corrected chi connectivity index (χ0v) is 22.9. The third-order valence-electron chi connectivity index (χ3n) is 5.72. The van der Waals surface area contributed by atoms with Crippen molar-refractivity contribution in [2.24, 2.45) is 17.6 Å². The van der Waals surface area contributed by atoms with Gasteiger partial charge < -0.3 is 16.4 Å². The van der Waals surface area contributed by atoms with Gasteiger partial charge in [-0.1, -0.05) is 49.7 Å². The number of nitrogens with zero attached hydrogens (tertiary/aromatic N) is 2. The van der Waals surface area contributed by atoms with Gasteiger partial charge in [-0.25, -0.2) is 9.19 Å². The molecule has 2 aromatic rings. The number of nitrogens with one attached hydrogen (secondary N) is 2. The van der Waals surface area contributed by atoms with E-state index in [9.17, 15) is 9.00 Å². The molecule has 35 heavy (non-hydrogen) atoms. The molecule has 1 saturated carbocycles. The first-order chi connectivity index (χ1) is 16.6. The number of aromatic nitrogens is 1. The maximum Gasteiger partial charge on any atom is 0.251 e. The number of rotatable bonds is 11. The number of amides is 1. The minimum Gasteiger partial charge on any atom is -0.370 e. The Labute approximate surface area is 213 Å². The summed E-state index contributed by atoms with van der Waals surface area (Å²) in [6, 6.07) is 13.6. The number of hydrogen-bond acceptors (Lipinski definition) is 5. The van der Waals surface area contributed by atoms with Gasteiger partial charge in [0.25, 0.3) is 5.91 Å². The smallest absolute Gasteiger partial charge is 0.251 e. The maximum atomic E-state index is 12.8. The zero-order chi connectivity index (χ0) is 26.0. The highest BCUT2D eigenvalue weighted by Crippen LogP contribution is 2.37. The Morgan fingerprint density at radius 3 is 2.37 bits per heavy atom. The molecule has 1 heterocycles. The number of nitrogens with two attached hydrogens (primary N) is 1. The van der Waals surface area contributed by atoms with Gasteiger partial charge in [0.15, 0.2) is 0 Å². The van der Waals surface area contributed by atoms with Crippen molar-refractivity contribution in [2.75, 3.05) is 29.3 Å². The highest BCUT2D eigenvalue weighted by Gasteiger charge is 2.32. The standard InChI is InChI=1S/C20H35N5O2S.C7H8/c1-6-7-25(28(27)13(2)3)19-10-16(20(26)23-11-15(5)21)9-18(24-19)22-12-17-8-14(17)4;1-7-5-3-2-4-6-7/h9-10,13-15,17H,6-8,11-12,21H2,1-5H3,(H,22,24)(H,23,26);2-6H,1H3. The number of carbonyl (C=O) groups is 1. The van der Waals surface area contributed by atoms with Crippen LogP contribution in [0.3, 0.4) is 0 Å². The molecule has 0 radical (unpaired) electrons. The minimum atomic E-state index is -1.22. The number of anilines is 2. The van der Waals surface area contributed by atoms with Gasteiger partial charge in [0.05, 0.1) is 0 Å². The third-order valence-corrected chi connectivity index (χ3v) is 7.33. The van der Waals surface area contributed by atoms with Gasteiger partial charge in [0.2, 0.25) is 0 Å². The molecule has 8 heteroatoms. The van der Waals surface area contributed by atoms with E-state index in [1.165, 1.54) is 12.0 Å². The molecule has 1 fully saturated rings. The predicted molar refractivity (Wildman–Crippen MR) is 148 cm³/mol. The van der Waals surface area contributed by atoms with Crippen LogP contribution < -0.4 is 20.7 Å². The Morgan fingerprint density at radius 2 is 1.89 bits per heavy atom. The van der Waals surface area contributed by atoms with Crippen LogP contribution in [0, 0.1) is 18.8 Å². The lowest BCUT2D eigenvalue weighted by Gasteiger charge is -2.25. The third kappa shape index (κ3) is 9.98. The van der Waals surface area contributed by atoms with Crippen LogP contribution in [0.5, 0.6) is 0 Å². The average Bonchev–Trinajstić information content (AvgIpc) is 3.54. The Morgan fingerprint density at radius 1 is 1.23 bits per heavy atom. The summed E-state index contributed by atoms with van der Waals surface area (Å²) in [4.78, 5) is 17.3. The molecule has 3 rings (SSSR count). The molecule has 0 saturated heterocycles. The first kappa shape index (κ1) is 28.8. The molecule has 0 bridgehead atoms. The van der Waals surface area contributed by atoms with Crippen molar-refractivity contribution >= 4 is 28.5 Å². The monoisotopic (exact) mass is 501 g/mol. The first-order valence-corrected chi connectivity index (χ1v) is 13.8. The van der Waals surface area contributed by atoms with Crippen molar-refractivity contribution in [1.82, 2.24) is 10.3 Å². The van der Waals surface area contributed by atoms with Crippen molar-refractivity contribution < 1.29 is 9.00 Å². The lowest BCUT2D eigenvalue weighted by atomic mass is 10.2. The largest absolute Gasteiger partial charge is 0.370 e. The van der Waals surface area contributed by atoms with Gasteiger partial charge in [0.1, 0.15) is 22.6 Å². The van der Waals surface area contributed by atoms with Gasteiger partial charge in [0, 0.05) is 36.5 Å². The van der Waals surface area contributed by atoms with Crippen molar-refractivity contribution in [3.05, 3.63) is 53.6 Å². The van der Waals surface area contributed by atoms with Crippen LogP contribution in [0.1, 0.15) is 63.4 Å². The van der Waals surface area contributed by atoms with E-state index in [2.05, 4.69) is 41.6 Å². The van der Waals surface area contributed by atoms with Crippen LogP contribution in [-0.4, -0.2) is 46.0 Å². The molecule has 4 N–H and O–H groups in total. The molecular weight excluding hydrogens is 458 g/mol. The molecule has 4 unspecified atom stereocenters. The van der Waals surface area contributed by atoms with Gasteiger partial charge in [-0.2, -0.15) is 0 Å². The van der Waals surface area contributed by atoms with Gasteiger partial charge >= 0.3 is 0 Å². The van der Waals surface area contributed by atoms with Crippen LogP contribution in [-0.2, 0) is 11.0 Å². The second-order valence-electron chi connectivity index (χ2n) is 9.72. The molecule has 1 aliphatic rings. The Kier molecular flexibility index (Phi) is 11.7. The van der Waals surface area contributed by atoms with Crippen molar-refractivity contribution in [2.45, 2.75) is 65.7 Å². The second kappa shape index (κ2) is 14.2. The summed E-state index contributed by atoms with van der Waals surface area (Å²) in [5.74, 6) is 2.39. The summed E-state index contributed by atoms with van der Waals surface area (Å²) >= 11 is 0. The molecule has 1 aliphatic carbocycles. The maximum absolute atomic E-state index is 12.8. The highest BCUT2D eigenvalue weighted by atomic mass is 32.2. The van der Waals surface area contributed by atoms with E-state index in [4.69, 9.17) is 5.73 Å². The molecule has 1 aromatic heterocycles. The summed E-state index contributed by atoms with van der Waals surface area (Å²) in [6.07, 6.45) is 2.05. The molecule has 1 aromatic carbocycles. The summed E-state index contributed by atoms with van der Waals surface area (Å²) in [7, 11) is -1.22. The number of pyridine rings is 1. The minimum absolute atomic E-state index is 0.0346. The molecule has 1 amide bonds. The summed E-state index contributed by atoms with van der Waals surface area (Å²) in [5, 5.41) is 6.17. The molecule has 0 aliphatic heterocycles. The zero-order valence-electron chi connectivity index (χ0n) is 22.1. The Hall–Kier alpha value is -2.45. The van der Waals surface area contributed by atoms with Crippen LogP contribution in [0.2, 0.25) is 0 Å². The van der Waals surface area contributed by atoms with E-state index in [0.717, 1.165) is 18.9 Å². The average molecular weight is 502 g/mol. The van der Waals surface area contributed by atoms with E-state index in [-0.39, 0.29) is 17.2 Å². The number of aryl methyl sites for hydroxylation is 1. The van der Waals surface area contributed by atoms with Crippen molar-refractivity contribution in [3.63, 3.8) is 0 Å². The predicted octanol–water partition coefficient (Wildman–Crippen LogP) is 4.51. The van der Waals surface area contributed by atoms with E-state index in [1.807, 2.05) is 45.9 Å². The van der Waals surface area contributed by atoms with Crippen LogP contribution in [0.15, 0.2) is 42.5 Å². The topological polar surface area (TPSA) is 100 Å². The van der Waals surface area contributed by atoms with Crippen molar-refractivity contribution in [3.8, 4) is 0 Å². The molecule has 0 spiro atoms. The first-order valence-electron chi connectivity index (χ1n) is 12.6. The molecule has 7 nitrogen and oxygen atoms in total. The number of benzene rings is 1. The summed E-state index contributed by atoms with van der Waals surface area (Å²) in [5.41, 5.74) is 7.57. The highest BCUT2D eigenvalue weighted by molar-refractivity contribution is 7.87. The summed E-state index contributed by atoms with van der Waals surface area (Å²) in [6.45, 7) is 13.9. The second-order valence-corrected chi connectivity index (χ2v) is 11.7. The Bertz CT molecular complexity index is 952. The fourth-order valence-electron chi connectivity index (χ4n) is 3.43. The van der Waals surface area contributed by atoms with Gasteiger partial charge in [-0.05, 0) is 64.5 Å². The fraction of sp³-hybridized carbons (Fsp3) is 0.556. The van der Waals surface area contributed by atoms with Gasteiger partial charge in [-0.3, -0.25) is 9.10 Å². The SMILES string of the molecule is CCCN(c1cc(C(=O)NCC(C)N)cc(NCC2CC2C)n1)S(=O)C(C)C.Cc1ccccc1. The van der Waals surface area contributed by atoms with Crippen LogP contribution in [0.4, 0.5) is 11.6 Å². The number of hydrogen-bond donors (Lipinski definition) is 3. The number of carbonyl (C=O) groups excluding carboxylic acids is 1. The lowest BCUT2D eigenvalue weighted by molar-refractivity contribution is 0.0951. The van der Waals surface area contributed by atoms with E-state index in [1.54, 1.807) is 16.4 Å². The van der Waals surface area contributed by atoms with Crippen LogP contribution >= 0.6 is 0 Å². The van der Waals surface area contributed by atoms with E-state index in [0.29, 0.717) is 36.2 Å². The molecular formula is C27H43N5O2S. The van der Waals surface area contributed by atoms with Crippen LogP contribution in [0.25, 0.3) is 0 Å². The summed E-state index contributed by atoms with van der Waals surface area (Å²) < 4.78 is 14.6. The molecule has 194 valence electrons. The lowest BCUT2D eigenvalue weighted by Crippen LogP contribution is -2.36. The fourth-order valence-corrected chi connectivity index (χ4v) is 4.58.